The summed E-state index contributed by atoms with van der Waals surface area (Å²) in [6.07, 6.45) is 0.843. The Bertz CT molecular complexity index is 411. The van der Waals surface area contributed by atoms with Gasteiger partial charge in [-0.2, -0.15) is 12.7 Å². The average Bonchev–Trinajstić information content (AvgIpc) is 2.38. The van der Waals surface area contributed by atoms with Gasteiger partial charge < -0.3 is 10.1 Å². The molecule has 1 aliphatic rings. The lowest BCUT2D eigenvalue weighted by Crippen LogP contribution is -2.49. The third kappa shape index (κ3) is 5.64. The van der Waals surface area contributed by atoms with E-state index in [0.29, 0.717) is 19.0 Å². The molecule has 7 nitrogen and oxygen atoms in total. The van der Waals surface area contributed by atoms with E-state index in [1.807, 2.05) is 4.72 Å². The Labute approximate surface area is 121 Å². The second kappa shape index (κ2) is 7.80. The van der Waals surface area contributed by atoms with Crippen molar-refractivity contribution in [1.82, 2.24) is 14.3 Å². The number of piperidine rings is 1. The first-order valence-corrected chi connectivity index (χ1v) is 8.35. The zero-order valence-corrected chi connectivity index (χ0v) is 13.2. The third-order valence-corrected chi connectivity index (χ3v) is 4.64. The number of amides is 1. The van der Waals surface area contributed by atoms with Crippen molar-refractivity contribution in [2.45, 2.75) is 26.7 Å². The molecule has 1 saturated heterocycles. The van der Waals surface area contributed by atoms with Crippen LogP contribution >= 0.6 is 0 Å². The van der Waals surface area contributed by atoms with E-state index in [9.17, 15) is 13.2 Å². The highest BCUT2D eigenvalue weighted by Crippen LogP contribution is 2.18. The number of carbonyl (C=O) groups is 1. The number of methoxy groups -OCH3 is 1. The van der Waals surface area contributed by atoms with Crippen molar-refractivity contribution in [3.63, 3.8) is 0 Å². The molecule has 1 amide bonds. The Balaban J connectivity index is 2.49. The number of carbonyl (C=O) groups excluding carboxylic acids is 1. The summed E-state index contributed by atoms with van der Waals surface area (Å²) < 4.78 is 31.5. The topological polar surface area (TPSA) is 87.7 Å². The van der Waals surface area contributed by atoms with Crippen molar-refractivity contribution in [3.05, 3.63) is 0 Å². The van der Waals surface area contributed by atoms with Gasteiger partial charge in [0.15, 0.2) is 0 Å². The van der Waals surface area contributed by atoms with E-state index in [2.05, 4.69) is 23.9 Å². The molecule has 0 radical (unpaired) electrons. The van der Waals surface area contributed by atoms with Crippen LogP contribution in [-0.4, -0.2) is 52.1 Å². The van der Waals surface area contributed by atoms with E-state index in [1.165, 1.54) is 4.31 Å². The van der Waals surface area contributed by atoms with Crippen LogP contribution in [0.3, 0.4) is 0 Å². The van der Waals surface area contributed by atoms with E-state index in [4.69, 9.17) is 0 Å². The minimum atomic E-state index is -3.79. The van der Waals surface area contributed by atoms with Gasteiger partial charge in [-0.05, 0) is 37.8 Å². The Hall–Kier alpha value is -0.860. The van der Waals surface area contributed by atoms with E-state index in [-0.39, 0.29) is 5.92 Å². The van der Waals surface area contributed by atoms with Gasteiger partial charge in [-0.15, -0.1) is 0 Å². The van der Waals surface area contributed by atoms with Crippen LogP contribution in [-0.2, 0) is 14.9 Å². The molecule has 1 fully saturated rings. The second-order valence-electron chi connectivity index (χ2n) is 5.52. The SMILES string of the molecule is COC(=O)NS(=O)(=O)N1CCCC(CNCC(C)C)C1. The van der Waals surface area contributed by atoms with Crippen LogP contribution in [0.5, 0.6) is 0 Å². The van der Waals surface area contributed by atoms with E-state index >= 15 is 0 Å². The van der Waals surface area contributed by atoms with E-state index < -0.39 is 16.3 Å². The molecule has 0 saturated carbocycles. The van der Waals surface area contributed by atoms with Gasteiger partial charge in [0.25, 0.3) is 0 Å². The molecule has 1 atom stereocenters. The van der Waals surface area contributed by atoms with Gasteiger partial charge >= 0.3 is 16.3 Å². The maximum Gasteiger partial charge on any atom is 0.421 e. The maximum absolute atomic E-state index is 12.0. The lowest BCUT2D eigenvalue weighted by Gasteiger charge is -2.31. The summed E-state index contributed by atoms with van der Waals surface area (Å²) in [4.78, 5) is 11.0. The molecule has 118 valence electrons. The van der Waals surface area contributed by atoms with Crippen LogP contribution in [0, 0.1) is 11.8 Å². The molecule has 1 heterocycles. The van der Waals surface area contributed by atoms with Crippen LogP contribution in [0.2, 0.25) is 0 Å². The summed E-state index contributed by atoms with van der Waals surface area (Å²) in [6.45, 7) is 6.84. The molecule has 20 heavy (non-hydrogen) atoms. The Morgan fingerprint density at radius 1 is 1.45 bits per heavy atom. The normalized spacial score (nSPS) is 20.9. The molecule has 0 bridgehead atoms. The molecule has 2 N–H and O–H groups in total. The molecular weight excluding hydrogens is 282 g/mol. The number of nitrogens with one attached hydrogen (secondary N) is 2. The van der Waals surface area contributed by atoms with Gasteiger partial charge in [-0.25, -0.2) is 9.52 Å². The zero-order valence-electron chi connectivity index (χ0n) is 12.4. The van der Waals surface area contributed by atoms with Crippen LogP contribution in [0.15, 0.2) is 0 Å². The fraction of sp³-hybridized carbons (Fsp3) is 0.917. The van der Waals surface area contributed by atoms with Crippen molar-refractivity contribution in [3.8, 4) is 0 Å². The molecule has 1 unspecified atom stereocenters. The molecular formula is C12H25N3O4S. The lowest BCUT2D eigenvalue weighted by molar-refractivity contribution is 0.176. The summed E-state index contributed by atoms with van der Waals surface area (Å²) in [7, 11) is -2.65. The molecule has 0 aliphatic carbocycles. The van der Waals surface area contributed by atoms with Crippen LogP contribution in [0.1, 0.15) is 26.7 Å². The fourth-order valence-corrected chi connectivity index (χ4v) is 3.40. The summed E-state index contributed by atoms with van der Waals surface area (Å²) >= 11 is 0. The molecule has 0 spiro atoms. The highest BCUT2D eigenvalue weighted by molar-refractivity contribution is 7.87. The first kappa shape index (κ1) is 17.2. The number of hydrogen-bond donors (Lipinski definition) is 2. The molecule has 1 rings (SSSR count). The smallest absolute Gasteiger partial charge is 0.421 e. The summed E-state index contributed by atoms with van der Waals surface area (Å²) in [5.74, 6) is 0.844. The van der Waals surface area contributed by atoms with Gasteiger partial charge in [0, 0.05) is 13.1 Å². The maximum atomic E-state index is 12.0. The van der Waals surface area contributed by atoms with E-state index in [0.717, 1.165) is 33.0 Å². The zero-order chi connectivity index (χ0) is 15.2. The first-order valence-electron chi connectivity index (χ1n) is 6.91. The van der Waals surface area contributed by atoms with Gasteiger partial charge in [0.1, 0.15) is 0 Å². The summed E-state index contributed by atoms with van der Waals surface area (Å²) in [6, 6.07) is 0. The molecule has 0 aromatic carbocycles. The van der Waals surface area contributed by atoms with Crippen molar-refractivity contribution < 1.29 is 17.9 Å². The van der Waals surface area contributed by atoms with E-state index in [1.54, 1.807) is 0 Å². The predicted molar refractivity (Wildman–Crippen MR) is 76.5 cm³/mol. The first-order chi connectivity index (χ1) is 9.35. The molecule has 1 aliphatic heterocycles. The van der Waals surface area contributed by atoms with Crippen molar-refractivity contribution in [1.29, 1.82) is 0 Å². The average molecular weight is 307 g/mol. The Morgan fingerprint density at radius 2 is 2.15 bits per heavy atom. The lowest BCUT2D eigenvalue weighted by atomic mass is 9.99. The second-order valence-corrected chi connectivity index (χ2v) is 7.19. The standard InChI is InChI=1S/C12H25N3O4S/c1-10(2)7-13-8-11-5-4-6-15(9-11)20(17,18)14-12(16)19-3/h10-11,13H,4-9H2,1-3H3,(H,14,16). The number of rotatable bonds is 6. The minimum absolute atomic E-state index is 0.275. The van der Waals surface area contributed by atoms with Crippen LogP contribution in [0.25, 0.3) is 0 Å². The highest BCUT2D eigenvalue weighted by Gasteiger charge is 2.30. The van der Waals surface area contributed by atoms with Gasteiger partial charge in [-0.1, -0.05) is 13.8 Å². The Morgan fingerprint density at radius 3 is 2.75 bits per heavy atom. The van der Waals surface area contributed by atoms with Crippen LogP contribution < -0.4 is 10.0 Å². The monoisotopic (exact) mass is 307 g/mol. The number of hydrogen-bond acceptors (Lipinski definition) is 5. The van der Waals surface area contributed by atoms with Crippen molar-refractivity contribution in [2.24, 2.45) is 11.8 Å². The highest BCUT2D eigenvalue weighted by atomic mass is 32.2. The van der Waals surface area contributed by atoms with Crippen molar-refractivity contribution in [2.75, 3.05) is 33.3 Å². The third-order valence-electron chi connectivity index (χ3n) is 3.20. The number of nitrogens with zero attached hydrogens (tertiary/aromatic N) is 1. The van der Waals surface area contributed by atoms with Gasteiger partial charge in [0.05, 0.1) is 7.11 Å². The fourth-order valence-electron chi connectivity index (χ4n) is 2.20. The quantitative estimate of drug-likeness (QED) is 0.748. The largest absolute Gasteiger partial charge is 0.452 e. The molecule has 0 aromatic heterocycles. The van der Waals surface area contributed by atoms with Crippen molar-refractivity contribution >= 4 is 16.3 Å². The van der Waals surface area contributed by atoms with Crippen LogP contribution in [0.4, 0.5) is 4.79 Å². The minimum Gasteiger partial charge on any atom is -0.452 e. The predicted octanol–water partition coefficient (Wildman–Crippen LogP) is 0.545. The van der Waals surface area contributed by atoms with Gasteiger partial charge in [0.2, 0.25) is 0 Å². The Kier molecular flexibility index (Phi) is 6.70. The van der Waals surface area contributed by atoms with Gasteiger partial charge in [-0.3, -0.25) is 0 Å². The molecule has 8 heteroatoms. The summed E-state index contributed by atoms with van der Waals surface area (Å²) in [5.41, 5.74) is 0. The summed E-state index contributed by atoms with van der Waals surface area (Å²) in [5, 5.41) is 3.34. The number of ether oxygens (including phenoxy) is 1. The molecule has 0 aromatic rings.